The number of aromatic nitrogens is 4. The molecule has 3 aromatic rings. The van der Waals surface area contributed by atoms with Gasteiger partial charge in [0.1, 0.15) is 0 Å². The first-order valence-corrected chi connectivity index (χ1v) is 6.20. The van der Waals surface area contributed by atoms with Crippen LogP contribution in [-0.2, 0) is 6.42 Å². The van der Waals surface area contributed by atoms with Gasteiger partial charge in [0.05, 0.1) is 12.8 Å². The van der Waals surface area contributed by atoms with Crippen LogP contribution in [0, 0.1) is 0 Å². The van der Waals surface area contributed by atoms with E-state index in [9.17, 15) is 0 Å². The van der Waals surface area contributed by atoms with Crippen LogP contribution in [0.1, 0.15) is 5.69 Å². The van der Waals surface area contributed by atoms with Gasteiger partial charge >= 0.3 is 0 Å². The van der Waals surface area contributed by atoms with Crippen LogP contribution in [0.4, 0.5) is 5.82 Å². The fourth-order valence-corrected chi connectivity index (χ4v) is 1.87. The van der Waals surface area contributed by atoms with E-state index in [0.717, 1.165) is 5.69 Å². The van der Waals surface area contributed by atoms with Crippen LogP contribution in [0.3, 0.4) is 0 Å². The van der Waals surface area contributed by atoms with Crippen LogP contribution in [0.15, 0.2) is 43.0 Å². The Balaban J connectivity index is 1.75. The van der Waals surface area contributed by atoms with Gasteiger partial charge in [-0.1, -0.05) is 6.07 Å². The van der Waals surface area contributed by atoms with Crippen molar-refractivity contribution in [2.45, 2.75) is 6.42 Å². The molecule has 0 unspecified atom stereocenters. The highest BCUT2D eigenvalue weighted by Crippen LogP contribution is 2.18. The van der Waals surface area contributed by atoms with Crippen LogP contribution in [0.5, 0.6) is 5.88 Å². The number of nitrogen functional groups attached to an aromatic ring is 1. The third kappa shape index (κ3) is 2.52. The van der Waals surface area contributed by atoms with Gasteiger partial charge < -0.3 is 10.2 Å². The lowest BCUT2D eigenvalue weighted by Crippen LogP contribution is -2.11. The van der Waals surface area contributed by atoms with Gasteiger partial charge in [0.2, 0.25) is 5.65 Å². The number of nitrogens with one attached hydrogen (secondary N) is 1. The number of ether oxygens (including phenoxy) is 1. The second kappa shape index (κ2) is 5.54. The van der Waals surface area contributed by atoms with Crippen molar-refractivity contribution in [2.24, 2.45) is 5.84 Å². The zero-order valence-electron chi connectivity index (χ0n) is 10.7. The molecule has 3 rings (SSSR count). The first kappa shape index (κ1) is 12.4. The topological polar surface area (TPSA) is 90.4 Å². The molecule has 3 aromatic heterocycles. The van der Waals surface area contributed by atoms with Crippen molar-refractivity contribution in [1.82, 2.24) is 19.4 Å². The predicted octanol–water partition coefficient (Wildman–Crippen LogP) is 1.03. The molecule has 7 heteroatoms. The second-order valence-electron chi connectivity index (χ2n) is 4.15. The number of fused-ring (bicyclic) bond motifs is 1. The Morgan fingerprint density at radius 3 is 3.00 bits per heavy atom. The van der Waals surface area contributed by atoms with E-state index in [1.807, 2.05) is 24.4 Å². The third-order valence-electron chi connectivity index (χ3n) is 2.81. The lowest BCUT2D eigenvalue weighted by molar-refractivity contribution is 0.310. The largest absolute Gasteiger partial charge is 0.475 e. The second-order valence-corrected chi connectivity index (χ2v) is 4.15. The van der Waals surface area contributed by atoms with Crippen LogP contribution < -0.4 is 16.0 Å². The quantitative estimate of drug-likeness (QED) is 0.531. The average molecular weight is 270 g/mol. The lowest BCUT2D eigenvalue weighted by Gasteiger charge is -2.08. The zero-order chi connectivity index (χ0) is 13.8. The van der Waals surface area contributed by atoms with E-state index >= 15 is 0 Å². The van der Waals surface area contributed by atoms with E-state index in [2.05, 4.69) is 20.4 Å². The summed E-state index contributed by atoms with van der Waals surface area (Å²) in [5, 5.41) is 0. The minimum absolute atomic E-state index is 0.446. The van der Waals surface area contributed by atoms with E-state index < -0.39 is 0 Å². The summed E-state index contributed by atoms with van der Waals surface area (Å²) in [4.78, 5) is 12.7. The number of hydrogen-bond acceptors (Lipinski definition) is 6. The van der Waals surface area contributed by atoms with E-state index in [4.69, 9.17) is 10.6 Å². The van der Waals surface area contributed by atoms with Gasteiger partial charge in [0.15, 0.2) is 5.82 Å². The Morgan fingerprint density at radius 2 is 2.20 bits per heavy atom. The summed E-state index contributed by atoms with van der Waals surface area (Å²) in [5.74, 6) is 6.35. The molecule has 102 valence electrons. The summed E-state index contributed by atoms with van der Waals surface area (Å²) in [7, 11) is 0. The molecule has 0 aliphatic heterocycles. The van der Waals surface area contributed by atoms with Gasteiger partial charge in [-0.3, -0.25) is 9.38 Å². The van der Waals surface area contributed by atoms with Crippen molar-refractivity contribution in [2.75, 3.05) is 12.0 Å². The maximum absolute atomic E-state index is 5.69. The van der Waals surface area contributed by atoms with Gasteiger partial charge in [-0.2, -0.15) is 4.98 Å². The Hall–Kier alpha value is -2.67. The SMILES string of the molecule is NNc1cn2ccnc2c(OCCc2ccccn2)n1. The predicted molar refractivity (Wildman–Crippen MR) is 74.2 cm³/mol. The molecule has 0 saturated carbocycles. The Kier molecular flexibility index (Phi) is 3.42. The summed E-state index contributed by atoms with van der Waals surface area (Å²) in [6.07, 6.45) is 7.70. The fourth-order valence-electron chi connectivity index (χ4n) is 1.87. The first-order valence-electron chi connectivity index (χ1n) is 6.20. The molecule has 3 heterocycles. The van der Waals surface area contributed by atoms with E-state index in [1.54, 1.807) is 23.0 Å². The van der Waals surface area contributed by atoms with Crippen LogP contribution >= 0.6 is 0 Å². The van der Waals surface area contributed by atoms with Gasteiger partial charge in [-0.15, -0.1) is 0 Å². The molecular formula is C13H14N6O. The molecule has 0 radical (unpaired) electrons. The van der Waals surface area contributed by atoms with Crippen molar-refractivity contribution in [3.8, 4) is 5.88 Å². The number of hydrogen-bond donors (Lipinski definition) is 2. The highest BCUT2D eigenvalue weighted by molar-refractivity contribution is 5.53. The smallest absolute Gasteiger partial charge is 0.260 e. The Morgan fingerprint density at radius 1 is 1.25 bits per heavy atom. The Bertz CT molecular complexity index is 696. The highest BCUT2D eigenvalue weighted by atomic mass is 16.5. The molecule has 3 N–H and O–H groups in total. The van der Waals surface area contributed by atoms with Crippen molar-refractivity contribution >= 4 is 11.5 Å². The van der Waals surface area contributed by atoms with Crippen molar-refractivity contribution in [3.05, 3.63) is 48.7 Å². The van der Waals surface area contributed by atoms with Gasteiger partial charge in [0, 0.05) is 30.7 Å². The number of rotatable bonds is 5. The van der Waals surface area contributed by atoms with Crippen molar-refractivity contribution < 1.29 is 4.74 Å². The molecule has 0 aromatic carbocycles. The molecule has 0 aliphatic rings. The van der Waals surface area contributed by atoms with Gasteiger partial charge in [-0.25, -0.2) is 10.8 Å². The molecular weight excluding hydrogens is 256 g/mol. The number of nitrogens with two attached hydrogens (primary N) is 1. The molecule has 0 aliphatic carbocycles. The van der Waals surface area contributed by atoms with Gasteiger partial charge in [0.25, 0.3) is 5.88 Å². The van der Waals surface area contributed by atoms with E-state index in [0.29, 0.717) is 30.4 Å². The lowest BCUT2D eigenvalue weighted by atomic mass is 10.3. The van der Waals surface area contributed by atoms with Gasteiger partial charge in [-0.05, 0) is 12.1 Å². The molecule has 7 nitrogen and oxygen atoms in total. The molecule has 20 heavy (non-hydrogen) atoms. The number of pyridine rings is 1. The van der Waals surface area contributed by atoms with Crippen molar-refractivity contribution in [3.63, 3.8) is 0 Å². The fraction of sp³-hybridized carbons (Fsp3) is 0.154. The molecule has 0 bridgehead atoms. The highest BCUT2D eigenvalue weighted by Gasteiger charge is 2.08. The monoisotopic (exact) mass is 270 g/mol. The summed E-state index contributed by atoms with van der Waals surface area (Å²) >= 11 is 0. The molecule has 0 saturated heterocycles. The average Bonchev–Trinajstić information content (AvgIpc) is 2.96. The molecule has 0 fully saturated rings. The summed E-state index contributed by atoms with van der Waals surface area (Å²) in [5.41, 5.74) is 4.13. The summed E-state index contributed by atoms with van der Waals surface area (Å²) < 4.78 is 7.50. The first-order chi connectivity index (χ1) is 9.86. The third-order valence-corrected chi connectivity index (χ3v) is 2.81. The molecule has 0 atom stereocenters. The van der Waals surface area contributed by atoms with Crippen LogP contribution in [-0.4, -0.2) is 26.0 Å². The standard InChI is InChI=1S/C13H14N6O/c14-18-11-9-19-7-6-16-12(19)13(17-11)20-8-4-10-3-1-2-5-15-10/h1-3,5-7,9,18H,4,8,14H2. The number of hydrazine groups is 1. The number of imidazole rings is 1. The summed E-state index contributed by atoms with van der Waals surface area (Å²) in [6.45, 7) is 0.473. The van der Waals surface area contributed by atoms with E-state index in [1.165, 1.54) is 0 Å². The van der Waals surface area contributed by atoms with E-state index in [-0.39, 0.29) is 0 Å². The number of anilines is 1. The zero-order valence-corrected chi connectivity index (χ0v) is 10.7. The molecule has 0 amide bonds. The maximum atomic E-state index is 5.69. The minimum Gasteiger partial charge on any atom is -0.475 e. The van der Waals surface area contributed by atoms with Crippen LogP contribution in [0.25, 0.3) is 5.65 Å². The minimum atomic E-state index is 0.446. The molecule has 0 spiro atoms. The van der Waals surface area contributed by atoms with Crippen molar-refractivity contribution in [1.29, 1.82) is 0 Å². The maximum Gasteiger partial charge on any atom is 0.260 e. The normalized spacial score (nSPS) is 10.7. The Labute approximate surface area is 115 Å². The number of nitrogens with zero attached hydrogens (tertiary/aromatic N) is 4. The van der Waals surface area contributed by atoms with Crippen LogP contribution in [0.2, 0.25) is 0 Å². The summed E-state index contributed by atoms with van der Waals surface area (Å²) in [6, 6.07) is 5.79.